The zero-order valence-electron chi connectivity index (χ0n) is 15.0. The van der Waals surface area contributed by atoms with Gasteiger partial charge in [-0.2, -0.15) is 0 Å². The van der Waals surface area contributed by atoms with Gasteiger partial charge in [0.25, 0.3) is 5.91 Å². The van der Waals surface area contributed by atoms with Crippen molar-refractivity contribution in [3.63, 3.8) is 0 Å². The maximum Gasteiger partial charge on any atom is 0.258 e. The molecule has 2 aromatic carbocycles. The number of aromatic nitrogens is 3. The molecule has 0 bridgehead atoms. The second-order valence-electron chi connectivity index (χ2n) is 6.22. The van der Waals surface area contributed by atoms with Crippen LogP contribution in [0.25, 0.3) is 10.9 Å². The molecule has 0 aliphatic rings. The van der Waals surface area contributed by atoms with E-state index >= 15 is 0 Å². The summed E-state index contributed by atoms with van der Waals surface area (Å²) in [5, 5.41) is 7.54. The molecule has 0 saturated carbocycles. The third kappa shape index (κ3) is 3.77. The lowest BCUT2D eigenvalue weighted by atomic mass is 10.2. The Bertz CT molecular complexity index is 1160. The second kappa shape index (κ2) is 7.62. The molecule has 0 aliphatic carbocycles. The topological polar surface area (TPSA) is 79.8 Å². The number of hydrogen-bond donors (Lipinski definition) is 2. The van der Waals surface area contributed by atoms with Crippen molar-refractivity contribution in [3.05, 3.63) is 83.3 Å². The summed E-state index contributed by atoms with van der Waals surface area (Å²) in [6.07, 6.45) is 4.64. The predicted octanol–water partition coefficient (Wildman–Crippen LogP) is 4.98. The van der Waals surface area contributed by atoms with E-state index in [1.54, 1.807) is 12.3 Å². The molecule has 28 heavy (non-hydrogen) atoms. The summed E-state index contributed by atoms with van der Waals surface area (Å²) >= 11 is 6.13. The molecule has 4 aromatic rings. The lowest BCUT2D eigenvalue weighted by Gasteiger charge is -2.09. The van der Waals surface area contributed by atoms with Gasteiger partial charge < -0.3 is 10.6 Å². The number of halogens is 1. The first-order valence-electron chi connectivity index (χ1n) is 8.60. The fourth-order valence-electron chi connectivity index (χ4n) is 2.71. The molecular formula is C21H16ClN5O. The monoisotopic (exact) mass is 389 g/mol. The first-order chi connectivity index (χ1) is 13.6. The van der Waals surface area contributed by atoms with Crippen LogP contribution in [0.4, 0.5) is 17.3 Å². The van der Waals surface area contributed by atoms with Gasteiger partial charge in [0.2, 0.25) is 5.95 Å². The molecule has 0 unspecified atom stereocenters. The lowest BCUT2D eigenvalue weighted by molar-refractivity contribution is 0.102. The van der Waals surface area contributed by atoms with Gasteiger partial charge in [-0.3, -0.25) is 9.78 Å². The molecule has 7 heteroatoms. The third-order valence-electron chi connectivity index (χ3n) is 4.22. The number of nitrogens with one attached hydrogen (secondary N) is 2. The number of para-hydroxylation sites is 1. The van der Waals surface area contributed by atoms with Crippen LogP contribution >= 0.6 is 11.6 Å². The summed E-state index contributed by atoms with van der Waals surface area (Å²) in [6.45, 7) is 1.93. The smallest absolute Gasteiger partial charge is 0.258 e. The largest absolute Gasteiger partial charge is 0.324 e. The van der Waals surface area contributed by atoms with Gasteiger partial charge >= 0.3 is 0 Å². The first-order valence-corrected chi connectivity index (χ1v) is 8.98. The highest BCUT2D eigenvalue weighted by Crippen LogP contribution is 2.23. The van der Waals surface area contributed by atoms with Crippen LogP contribution in [0.5, 0.6) is 0 Å². The number of carbonyl (C=O) groups excluding carboxylic acids is 1. The van der Waals surface area contributed by atoms with Gasteiger partial charge in [-0.1, -0.05) is 35.9 Å². The van der Waals surface area contributed by atoms with Crippen molar-refractivity contribution in [2.45, 2.75) is 6.92 Å². The molecular weight excluding hydrogens is 374 g/mol. The van der Waals surface area contributed by atoms with Gasteiger partial charge in [0, 0.05) is 34.7 Å². The standard InChI is InChI=1S/C21H16ClN5O/c1-13-7-8-16(10-17(13)22)26-21-24-11-15(12-25-21)20(28)27-18-6-2-4-14-5-3-9-23-19(14)18/h2-12H,1H3,(H,27,28)(H,24,25,26). The highest BCUT2D eigenvalue weighted by atomic mass is 35.5. The summed E-state index contributed by atoms with van der Waals surface area (Å²) in [6, 6.07) is 15.0. The number of benzene rings is 2. The van der Waals surface area contributed by atoms with Crippen LogP contribution in [-0.2, 0) is 0 Å². The van der Waals surface area contributed by atoms with Crippen LogP contribution in [0.2, 0.25) is 5.02 Å². The van der Waals surface area contributed by atoms with Crippen molar-refractivity contribution in [2.75, 3.05) is 10.6 Å². The molecule has 2 heterocycles. The Labute approximate surface area is 166 Å². The zero-order valence-corrected chi connectivity index (χ0v) is 15.7. The average molecular weight is 390 g/mol. The number of fused-ring (bicyclic) bond motifs is 1. The minimum atomic E-state index is -0.303. The molecule has 138 valence electrons. The quantitative estimate of drug-likeness (QED) is 0.514. The normalized spacial score (nSPS) is 10.6. The molecule has 2 aromatic heterocycles. The van der Waals surface area contributed by atoms with Crippen LogP contribution in [0.15, 0.2) is 67.1 Å². The number of anilines is 3. The van der Waals surface area contributed by atoms with E-state index in [0.717, 1.165) is 22.2 Å². The van der Waals surface area contributed by atoms with E-state index in [-0.39, 0.29) is 5.91 Å². The number of carbonyl (C=O) groups is 1. The number of aryl methyl sites for hydroxylation is 1. The highest BCUT2D eigenvalue weighted by Gasteiger charge is 2.10. The molecule has 2 N–H and O–H groups in total. The van der Waals surface area contributed by atoms with Crippen molar-refractivity contribution in [3.8, 4) is 0 Å². The van der Waals surface area contributed by atoms with E-state index < -0.39 is 0 Å². The summed E-state index contributed by atoms with van der Waals surface area (Å²) in [7, 11) is 0. The molecule has 6 nitrogen and oxygen atoms in total. The number of amides is 1. The molecule has 4 rings (SSSR count). The van der Waals surface area contributed by atoms with Gasteiger partial charge in [0.15, 0.2) is 0 Å². The van der Waals surface area contributed by atoms with Crippen molar-refractivity contribution in [2.24, 2.45) is 0 Å². The average Bonchev–Trinajstić information content (AvgIpc) is 2.71. The van der Waals surface area contributed by atoms with Crippen LogP contribution in [-0.4, -0.2) is 20.9 Å². The predicted molar refractivity (Wildman–Crippen MR) is 111 cm³/mol. The van der Waals surface area contributed by atoms with Crippen LogP contribution < -0.4 is 10.6 Å². The van der Waals surface area contributed by atoms with Gasteiger partial charge in [-0.15, -0.1) is 0 Å². The Morgan fingerprint density at radius 1 is 1.00 bits per heavy atom. The third-order valence-corrected chi connectivity index (χ3v) is 4.63. The fourth-order valence-corrected chi connectivity index (χ4v) is 2.89. The van der Waals surface area contributed by atoms with Gasteiger partial charge in [0.05, 0.1) is 16.8 Å². The summed E-state index contributed by atoms with van der Waals surface area (Å²) in [4.78, 5) is 25.3. The lowest BCUT2D eigenvalue weighted by Crippen LogP contribution is -2.13. The van der Waals surface area contributed by atoms with Crippen LogP contribution in [0, 0.1) is 6.92 Å². The minimum Gasteiger partial charge on any atom is -0.324 e. The van der Waals surface area contributed by atoms with Gasteiger partial charge in [-0.25, -0.2) is 9.97 Å². The Morgan fingerprint density at radius 3 is 2.57 bits per heavy atom. The molecule has 0 saturated heterocycles. The summed E-state index contributed by atoms with van der Waals surface area (Å²) < 4.78 is 0. The Hall–Kier alpha value is -3.51. The Morgan fingerprint density at radius 2 is 1.79 bits per heavy atom. The van der Waals surface area contributed by atoms with Crippen molar-refractivity contribution < 1.29 is 4.79 Å². The number of nitrogens with zero attached hydrogens (tertiary/aromatic N) is 3. The van der Waals surface area contributed by atoms with Gasteiger partial charge in [-0.05, 0) is 36.8 Å². The fraction of sp³-hybridized carbons (Fsp3) is 0.0476. The number of pyridine rings is 1. The molecule has 0 fully saturated rings. The number of hydrogen-bond acceptors (Lipinski definition) is 5. The maximum atomic E-state index is 12.6. The zero-order chi connectivity index (χ0) is 19.5. The van der Waals surface area contributed by atoms with E-state index in [0.29, 0.717) is 22.2 Å². The van der Waals surface area contributed by atoms with Crippen molar-refractivity contribution in [1.29, 1.82) is 0 Å². The number of rotatable bonds is 4. The minimum absolute atomic E-state index is 0.303. The van der Waals surface area contributed by atoms with E-state index in [9.17, 15) is 4.79 Å². The molecule has 0 radical (unpaired) electrons. The van der Waals surface area contributed by atoms with E-state index in [1.807, 2.05) is 49.4 Å². The maximum absolute atomic E-state index is 12.6. The first kappa shape index (κ1) is 17.9. The summed E-state index contributed by atoms with van der Waals surface area (Å²) in [5.41, 5.74) is 3.48. The summed E-state index contributed by atoms with van der Waals surface area (Å²) in [5.74, 6) is 0.0754. The molecule has 0 atom stereocenters. The molecule has 0 aliphatic heterocycles. The molecule has 0 spiro atoms. The SMILES string of the molecule is Cc1ccc(Nc2ncc(C(=O)Nc3cccc4cccnc34)cn2)cc1Cl. The van der Waals surface area contributed by atoms with Crippen LogP contribution in [0.3, 0.4) is 0 Å². The van der Waals surface area contributed by atoms with Crippen LogP contribution in [0.1, 0.15) is 15.9 Å². The van der Waals surface area contributed by atoms with Crippen molar-refractivity contribution >= 4 is 45.7 Å². The van der Waals surface area contributed by atoms with E-state index in [1.165, 1.54) is 12.4 Å². The van der Waals surface area contributed by atoms with Crippen molar-refractivity contribution in [1.82, 2.24) is 15.0 Å². The Balaban J connectivity index is 1.50. The van der Waals surface area contributed by atoms with E-state index in [2.05, 4.69) is 25.6 Å². The molecule has 1 amide bonds. The Kier molecular flexibility index (Phi) is 4.87. The highest BCUT2D eigenvalue weighted by molar-refractivity contribution is 6.31. The van der Waals surface area contributed by atoms with E-state index in [4.69, 9.17) is 11.6 Å². The second-order valence-corrected chi connectivity index (χ2v) is 6.63. The van der Waals surface area contributed by atoms with Gasteiger partial charge in [0.1, 0.15) is 0 Å².